The second kappa shape index (κ2) is 10.1. The van der Waals surface area contributed by atoms with E-state index >= 15 is 0 Å². The zero-order chi connectivity index (χ0) is 23.5. The Morgan fingerprint density at radius 1 is 0.882 bits per heavy atom. The number of thiophene rings is 1. The number of hydrogen-bond acceptors (Lipinski definition) is 5. The summed E-state index contributed by atoms with van der Waals surface area (Å²) in [6.45, 7) is 8.33. The number of hydrogen-bond donors (Lipinski definition) is 1. The normalized spacial score (nSPS) is 14.4. The number of aryl methyl sites for hydroxylation is 2. The standard InChI is InChI=1S/C29H31NO3S/c1-20-18-28(34-21(20)2)27-12-6-22-19-23(31)7-13-26(22)29(27)33-25-10-8-24(9-11-25)32-17-16-30-14-4-3-5-15-30/h6-13,18-19,31H,3-5,14-17H2,1-2H3. The summed E-state index contributed by atoms with van der Waals surface area (Å²) in [7, 11) is 0. The van der Waals surface area contributed by atoms with Gasteiger partial charge >= 0.3 is 0 Å². The highest BCUT2D eigenvalue weighted by atomic mass is 32.1. The number of nitrogens with zero attached hydrogens (tertiary/aromatic N) is 1. The van der Waals surface area contributed by atoms with Crippen LogP contribution in [-0.2, 0) is 0 Å². The van der Waals surface area contributed by atoms with Gasteiger partial charge in [-0.15, -0.1) is 11.3 Å². The summed E-state index contributed by atoms with van der Waals surface area (Å²) in [5, 5.41) is 11.9. The smallest absolute Gasteiger partial charge is 0.143 e. The highest BCUT2D eigenvalue weighted by Gasteiger charge is 2.16. The number of fused-ring (bicyclic) bond motifs is 1. The van der Waals surface area contributed by atoms with Crippen molar-refractivity contribution >= 4 is 22.1 Å². The van der Waals surface area contributed by atoms with Crippen LogP contribution in [0.2, 0.25) is 0 Å². The van der Waals surface area contributed by atoms with Gasteiger partial charge in [0.2, 0.25) is 0 Å². The van der Waals surface area contributed by atoms with Crippen molar-refractivity contribution in [2.24, 2.45) is 0 Å². The average Bonchev–Trinajstić information content (AvgIpc) is 3.18. The summed E-state index contributed by atoms with van der Waals surface area (Å²) in [5.74, 6) is 2.67. The van der Waals surface area contributed by atoms with Crippen LogP contribution in [0.1, 0.15) is 29.7 Å². The molecular weight excluding hydrogens is 442 g/mol. The number of aromatic hydroxyl groups is 1. The number of benzene rings is 3. The Hall–Kier alpha value is -3.02. The van der Waals surface area contributed by atoms with Gasteiger partial charge in [-0.3, -0.25) is 4.90 Å². The fourth-order valence-corrected chi connectivity index (χ4v) is 5.55. The van der Waals surface area contributed by atoms with Gasteiger partial charge in [-0.05, 0) is 105 Å². The molecule has 1 N–H and O–H groups in total. The molecule has 0 atom stereocenters. The molecule has 0 saturated carbocycles. The minimum Gasteiger partial charge on any atom is -0.508 e. The van der Waals surface area contributed by atoms with E-state index in [1.165, 1.54) is 47.7 Å². The molecule has 5 heteroatoms. The van der Waals surface area contributed by atoms with Crippen LogP contribution < -0.4 is 9.47 Å². The first-order valence-corrected chi connectivity index (χ1v) is 12.8. The number of piperidine rings is 1. The van der Waals surface area contributed by atoms with Crippen molar-refractivity contribution in [3.05, 3.63) is 71.1 Å². The molecule has 5 rings (SSSR count). The van der Waals surface area contributed by atoms with Crippen molar-refractivity contribution in [3.8, 4) is 33.4 Å². The van der Waals surface area contributed by atoms with Crippen molar-refractivity contribution in [3.63, 3.8) is 0 Å². The number of ether oxygens (including phenoxy) is 2. The van der Waals surface area contributed by atoms with E-state index in [4.69, 9.17) is 9.47 Å². The van der Waals surface area contributed by atoms with Gasteiger partial charge in [-0.1, -0.05) is 12.5 Å². The Morgan fingerprint density at radius 2 is 1.65 bits per heavy atom. The van der Waals surface area contributed by atoms with Crippen molar-refractivity contribution in [1.29, 1.82) is 0 Å². The second-order valence-electron chi connectivity index (χ2n) is 9.02. The summed E-state index contributed by atoms with van der Waals surface area (Å²) >= 11 is 1.77. The molecule has 3 aromatic carbocycles. The first-order chi connectivity index (χ1) is 16.6. The van der Waals surface area contributed by atoms with Gasteiger partial charge < -0.3 is 14.6 Å². The van der Waals surface area contributed by atoms with Gasteiger partial charge in [0, 0.05) is 27.2 Å². The first-order valence-electron chi connectivity index (χ1n) is 12.0. The molecule has 34 heavy (non-hydrogen) atoms. The zero-order valence-corrected chi connectivity index (χ0v) is 20.7. The molecule has 1 fully saturated rings. The van der Waals surface area contributed by atoms with E-state index in [9.17, 15) is 5.11 Å². The summed E-state index contributed by atoms with van der Waals surface area (Å²) in [4.78, 5) is 4.96. The van der Waals surface area contributed by atoms with E-state index in [1.54, 1.807) is 23.5 Å². The zero-order valence-electron chi connectivity index (χ0n) is 19.8. The molecule has 0 bridgehead atoms. The summed E-state index contributed by atoms with van der Waals surface area (Å²) in [6.07, 6.45) is 3.95. The van der Waals surface area contributed by atoms with Gasteiger partial charge in [0.1, 0.15) is 29.6 Å². The van der Waals surface area contributed by atoms with Crippen LogP contribution in [0.25, 0.3) is 21.2 Å². The van der Waals surface area contributed by atoms with Crippen LogP contribution >= 0.6 is 11.3 Å². The molecule has 176 valence electrons. The quantitative estimate of drug-likeness (QED) is 0.301. The molecule has 0 unspecified atom stereocenters. The molecular formula is C29H31NO3S. The summed E-state index contributed by atoms with van der Waals surface area (Å²) in [5.41, 5.74) is 2.34. The summed E-state index contributed by atoms with van der Waals surface area (Å²) < 4.78 is 12.5. The van der Waals surface area contributed by atoms with Crippen molar-refractivity contribution in [1.82, 2.24) is 4.90 Å². The molecule has 0 spiro atoms. The third kappa shape index (κ3) is 5.06. The Balaban J connectivity index is 1.37. The largest absolute Gasteiger partial charge is 0.508 e. The Kier molecular flexibility index (Phi) is 6.75. The lowest BCUT2D eigenvalue weighted by molar-refractivity contribution is 0.183. The lowest BCUT2D eigenvalue weighted by Crippen LogP contribution is -2.33. The highest BCUT2D eigenvalue weighted by molar-refractivity contribution is 7.15. The number of rotatable bonds is 7. The van der Waals surface area contributed by atoms with Crippen LogP contribution in [0.15, 0.2) is 60.7 Å². The monoisotopic (exact) mass is 473 g/mol. The number of likely N-dealkylation sites (tertiary alicyclic amines) is 1. The van der Waals surface area contributed by atoms with Crippen LogP contribution in [-0.4, -0.2) is 36.2 Å². The van der Waals surface area contributed by atoms with E-state index in [0.29, 0.717) is 6.61 Å². The van der Waals surface area contributed by atoms with Crippen LogP contribution in [0.5, 0.6) is 23.0 Å². The van der Waals surface area contributed by atoms with Gasteiger partial charge in [-0.25, -0.2) is 0 Å². The predicted molar refractivity (Wildman–Crippen MR) is 141 cm³/mol. The van der Waals surface area contributed by atoms with Gasteiger partial charge in [0.25, 0.3) is 0 Å². The molecule has 0 radical (unpaired) electrons. The fourth-order valence-electron chi connectivity index (χ4n) is 4.50. The predicted octanol–water partition coefficient (Wildman–Crippen LogP) is 7.55. The Labute approximate surface area is 205 Å². The molecule has 1 aliphatic rings. The van der Waals surface area contributed by atoms with Crippen LogP contribution in [0.4, 0.5) is 0 Å². The van der Waals surface area contributed by atoms with E-state index in [0.717, 1.165) is 40.1 Å². The Bertz CT molecular complexity index is 1250. The molecule has 1 saturated heterocycles. The van der Waals surface area contributed by atoms with Crippen molar-refractivity contribution < 1.29 is 14.6 Å². The lowest BCUT2D eigenvalue weighted by atomic mass is 10.0. The number of phenolic OH excluding ortho intramolecular Hbond substituents is 1. The molecule has 4 nitrogen and oxygen atoms in total. The number of phenols is 1. The molecule has 4 aromatic rings. The van der Waals surface area contributed by atoms with Gasteiger partial charge in [-0.2, -0.15) is 0 Å². The Morgan fingerprint density at radius 3 is 2.38 bits per heavy atom. The minimum atomic E-state index is 0.250. The summed E-state index contributed by atoms with van der Waals surface area (Å²) in [6, 6.07) is 19.6. The molecule has 2 heterocycles. The lowest BCUT2D eigenvalue weighted by Gasteiger charge is -2.26. The van der Waals surface area contributed by atoms with E-state index in [2.05, 4.69) is 30.9 Å². The van der Waals surface area contributed by atoms with E-state index in [-0.39, 0.29) is 5.75 Å². The SMILES string of the molecule is Cc1cc(-c2ccc3cc(O)ccc3c2Oc2ccc(OCCN3CCCCC3)cc2)sc1C. The van der Waals surface area contributed by atoms with Crippen molar-refractivity contribution in [2.45, 2.75) is 33.1 Å². The van der Waals surface area contributed by atoms with Gasteiger partial charge in [0.05, 0.1) is 0 Å². The van der Waals surface area contributed by atoms with Crippen LogP contribution in [0, 0.1) is 13.8 Å². The average molecular weight is 474 g/mol. The minimum absolute atomic E-state index is 0.250. The molecule has 1 aromatic heterocycles. The topological polar surface area (TPSA) is 41.9 Å². The first kappa shape index (κ1) is 22.8. The second-order valence-corrected chi connectivity index (χ2v) is 10.3. The van der Waals surface area contributed by atoms with Crippen molar-refractivity contribution in [2.75, 3.05) is 26.2 Å². The van der Waals surface area contributed by atoms with E-state index < -0.39 is 0 Å². The van der Waals surface area contributed by atoms with Crippen LogP contribution in [0.3, 0.4) is 0 Å². The molecule has 1 aliphatic heterocycles. The maximum absolute atomic E-state index is 9.97. The fraction of sp³-hybridized carbons (Fsp3) is 0.310. The maximum atomic E-state index is 9.97. The molecule has 0 amide bonds. The maximum Gasteiger partial charge on any atom is 0.143 e. The highest BCUT2D eigenvalue weighted by Crippen LogP contribution is 2.43. The van der Waals surface area contributed by atoms with E-state index in [1.807, 2.05) is 36.4 Å². The molecule has 0 aliphatic carbocycles. The third-order valence-electron chi connectivity index (χ3n) is 6.55. The third-order valence-corrected chi connectivity index (χ3v) is 7.74. The van der Waals surface area contributed by atoms with Gasteiger partial charge in [0.15, 0.2) is 0 Å².